The molecule has 6 nitrogen and oxygen atoms in total. The van der Waals surface area contributed by atoms with Crippen molar-refractivity contribution in [3.05, 3.63) is 0 Å². The summed E-state index contributed by atoms with van der Waals surface area (Å²) < 4.78 is 7.76. The number of hydrogen-bond acceptors (Lipinski definition) is 6. The molecule has 0 bridgehead atoms. The lowest BCUT2D eigenvalue weighted by Crippen LogP contribution is -2.58. The fourth-order valence-electron chi connectivity index (χ4n) is 1.29. The molecule has 1 aliphatic heterocycles. The van der Waals surface area contributed by atoms with Crippen LogP contribution in [-0.2, 0) is 9.47 Å². The highest BCUT2D eigenvalue weighted by Gasteiger charge is 2.44. The average molecular weight is 309 g/mol. The van der Waals surface area contributed by atoms with Crippen LogP contribution in [-0.4, -0.2) is 55.7 Å². The van der Waals surface area contributed by atoms with Gasteiger partial charge in [-0.2, -0.15) is 0 Å². The lowest BCUT2D eigenvalue weighted by Gasteiger charge is -2.39. The summed E-state index contributed by atoms with van der Waals surface area (Å²) in [5, 5.41) is 35.7. The van der Waals surface area contributed by atoms with E-state index in [4.69, 9.17) is 49.7 Å². The summed E-state index contributed by atoms with van der Waals surface area (Å²) in [5.74, 6) is -0.748. The normalized spacial score (nSPS) is 38.9. The van der Waals surface area contributed by atoms with Crippen LogP contribution in [0.25, 0.3) is 0 Å². The summed E-state index contributed by atoms with van der Waals surface area (Å²) >= 11 is 16.2. The van der Waals surface area contributed by atoms with Crippen molar-refractivity contribution in [2.75, 3.05) is 0 Å². The summed E-state index contributed by atoms with van der Waals surface area (Å²) in [6.07, 6.45) is -6.44. The molecule has 0 radical (unpaired) electrons. The zero-order valence-electron chi connectivity index (χ0n) is 8.68. The predicted molar refractivity (Wildman–Crippen MR) is 61.5 cm³/mol. The number of alkyl halides is 3. The minimum Gasteiger partial charge on any atom is -0.445 e. The fraction of sp³-hybridized carbons (Fsp3) is 0.875. The molecule has 0 saturated carbocycles. The van der Waals surface area contributed by atoms with Crippen LogP contribution in [0.15, 0.2) is 0 Å². The molecule has 0 amide bonds. The molecule has 4 N–H and O–H groups in total. The third-order valence-electron chi connectivity index (χ3n) is 2.30. The first-order valence-electron chi connectivity index (χ1n) is 4.66. The highest BCUT2D eigenvalue weighted by molar-refractivity contribution is 6.76. The Hall–Kier alpha value is 0.180. The zero-order valence-corrected chi connectivity index (χ0v) is 10.9. The van der Waals surface area contributed by atoms with E-state index in [0.29, 0.717) is 0 Å². The van der Waals surface area contributed by atoms with E-state index in [1.807, 2.05) is 0 Å². The summed E-state index contributed by atoms with van der Waals surface area (Å²) in [6, 6.07) is 0. The van der Waals surface area contributed by atoms with Crippen LogP contribution in [0.4, 0.5) is 0 Å². The maximum Gasteiger partial charge on any atom is 0.265 e. The van der Waals surface area contributed by atoms with Crippen LogP contribution in [0, 0.1) is 5.41 Å². The van der Waals surface area contributed by atoms with Gasteiger partial charge in [-0.25, -0.2) is 0 Å². The van der Waals surface area contributed by atoms with Crippen molar-refractivity contribution in [1.82, 2.24) is 0 Å². The van der Waals surface area contributed by atoms with Crippen LogP contribution < -0.4 is 0 Å². The molecular formula is C8H12Cl3NO5. The second-order valence-corrected chi connectivity index (χ2v) is 5.91. The molecule has 0 unspecified atom stereocenters. The van der Waals surface area contributed by atoms with E-state index in [1.165, 1.54) is 6.92 Å². The molecule has 0 spiro atoms. The van der Waals surface area contributed by atoms with Crippen LogP contribution in [0.5, 0.6) is 0 Å². The molecule has 1 saturated heterocycles. The SMILES string of the molecule is C[C@@H]1O[C@H](OC(=N)C(Cl)(Cl)Cl)[C@@H](O)[C@H](O)[C@@H]1O. The van der Waals surface area contributed by atoms with Crippen molar-refractivity contribution in [1.29, 1.82) is 5.41 Å². The van der Waals surface area contributed by atoms with Crippen molar-refractivity contribution in [2.45, 2.75) is 41.4 Å². The Morgan fingerprint density at radius 1 is 1.18 bits per heavy atom. The quantitative estimate of drug-likeness (QED) is 0.314. The van der Waals surface area contributed by atoms with Crippen molar-refractivity contribution < 1.29 is 24.8 Å². The Morgan fingerprint density at radius 3 is 2.18 bits per heavy atom. The lowest BCUT2D eigenvalue weighted by atomic mass is 10.0. The minimum absolute atomic E-state index is 0.748. The van der Waals surface area contributed by atoms with Gasteiger partial charge in [0.15, 0.2) is 0 Å². The van der Waals surface area contributed by atoms with Gasteiger partial charge in [-0.1, -0.05) is 34.8 Å². The molecule has 100 valence electrons. The molecule has 0 aromatic rings. The van der Waals surface area contributed by atoms with E-state index in [-0.39, 0.29) is 0 Å². The molecule has 1 fully saturated rings. The Morgan fingerprint density at radius 2 is 1.71 bits per heavy atom. The number of aliphatic hydroxyl groups excluding tert-OH is 3. The second-order valence-electron chi connectivity index (χ2n) is 3.63. The average Bonchev–Trinajstić information content (AvgIpc) is 2.21. The van der Waals surface area contributed by atoms with Crippen molar-refractivity contribution in [2.24, 2.45) is 0 Å². The van der Waals surface area contributed by atoms with E-state index in [2.05, 4.69) is 0 Å². The molecular weight excluding hydrogens is 296 g/mol. The predicted octanol–water partition coefficient (Wildman–Crippen LogP) is 0.178. The third kappa shape index (κ3) is 3.57. The van der Waals surface area contributed by atoms with Crippen molar-refractivity contribution in [3.8, 4) is 0 Å². The van der Waals surface area contributed by atoms with E-state index < -0.39 is 40.4 Å². The van der Waals surface area contributed by atoms with E-state index in [9.17, 15) is 15.3 Å². The smallest absolute Gasteiger partial charge is 0.265 e. The number of rotatable bonds is 1. The standard InChI is InChI=1S/C8H12Cl3NO5/c1-2-3(13)4(14)5(15)6(16-2)17-7(12)8(9,10)11/h2-6,12-15H,1H3/t2-,3+,4+,5-,6+/m0/s1. The summed E-state index contributed by atoms with van der Waals surface area (Å²) in [6.45, 7) is 1.47. The molecule has 9 heteroatoms. The highest BCUT2D eigenvalue weighted by Crippen LogP contribution is 2.30. The number of hydrogen-bond donors (Lipinski definition) is 4. The van der Waals surface area contributed by atoms with Crippen LogP contribution in [0.1, 0.15) is 6.92 Å². The molecule has 0 aromatic carbocycles. The van der Waals surface area contributed by atoms with Crippen LogP contribution in [0.3, 0.4) is 0 Å². The lowest BCUT2D eigenvalue weighted by molar-refractivity contribution is -0.272. The van der Waals surface area contributed by atoms with E-state index in [0.717, 1.165) is 0 Å². The maximum atomic E-state index is 9.55. The van der Waals surface area contributed by atoms with Gasteiger partial charge in [-0.3, -0.25) is 5.41 Å². The van der Waals surface area contributed by atoms with Crippen molar-refractivity contribution >= 4 is 40.7 Å². The summed E-state index contributed by atoms with van der Waals surface area (Å²) in [4.78, 5) is 0. The molecule has 0 aromatic heterocycles. The molecule has 1 heterocycles. The number of aliphatic hydroxyl groups is 3. The van der Waals surface area contributed by atoms with Gasteiger partial charge in [-0.05, 0) is 6.92 Å². The summed E-state index contributed by atoms with van der Waals surface area (Å²) in [7, 11) is 0. The summed E-state index contributed by atoms with van der Waals surface area (Å²) in [5.41, 5.74) is 0. The first-order valence-corrected chi connectivity index (χ1v) is 5.80. The molecule has 17 heavy (non-hydrogen) atoms. The van der Waals surface area contributed by atoms with Gasteiger partial charge in [-0.15, -0.1) is 0 Å². The molecule has 0 aliphatic carbocycles. The van der Waals surface area contributed by atoms with Gasteiger partial charge in [0.25, 0.3) is 3.79 Å². The Labute approximate surface area is 112 Å². The van der Waals surface area contributed by atoms with Gasteiger partial charge in [0.2, 0.25) is 12.2 Å². The Balaban J connectivity index is 2.69. The van der Waals surface area contributed by atoms with Gasteiger partial charge in [0.1, 0.15) is 18.3 Å². The van der Waals surface area contributed by atoms with Crippen LogP contribution in [0.2, 0.25) is 0 Å². The van der Waals surface area contributed by atoms with Gasteiger partial charge in [0.05, 0.1) is 6.10 Å². The highest BCUT2D eigenvalue weighted by atomic mass is 35.6. The first kappa shape index (κ1) is 15.2. The molecule has 1 aliphatic rings. The van der Waals surface area contributed by atoms with Crippen molar-refractivity contribution in [3.63, 3.8) is 0 Å². The monoisotopic (exact) mass is 307 g/mol. The third-order valence-corrected chi connectivity index (χ3v) is 2.81. The minimum atomic E-state index is -2.09. The van der Waals surface area contributed by atoms with Gasteiger partial charge in [0, 0.05) is 0 Å². The van der Waals surface area contributed by atoms with Crippen LogP contribution >= 0.6 is 34.8 Å². The fourth-order valence-corrected chi connectivity index (χ4v) is 1.43. The number of nitrogens with one attached hydrogen (secondary N) is 1. The maximum absolute atomic E-state index is 9.55. The first-order chi connectivity index (χ1) is 7.64. The zero-order chi connectivity index (χ0) is 13.4. The van der Waals surface area contributed by atoms with Gasteiger partial charge < -0.3 is 24.8 Å². The number of ether oxygens (including phenoxy) is 2. The van der Waals surface area contributed by atoms with Gasteiger partial charge >= 0.3 is 0 Å². The Bertz CT molecular complexity index is 297. The molecule has 1 rings (SSSR count). The number of halogens is 3. The molecule has 5 atom stereocenters. The second kappa shape index (κ2) is 5.44. The topological polar surface area (TPSA) is 103 Å². The van der Waals surface area contributed by atoms with E-state index in [1.54, 1.807) is 0 Å². The van der Waals surface area contributed by atoms with E-state index >= 15 is 0 Å². The Kier molecular flexibility index (Phi) is 4.88. The largest absolute Gasteiger partial charge is 0.445 e.